The van der Waals surface area contributed by atoms with E-state index in [1.165, 1.54) is 11.1 Å². The third-order valence-corrected chi connectivity index (χ3v) is 3.36. The molecule has 2 aromatic rings. The summed E-state index contributed by atoms with van der Waals surface area (Å²) in [5, 5.41) is 8.58. The van der Waals surface area contributed by atoms with Crippen molar-refractivity contribution >= 4 is 0 Å². The van der Waals surface area contributed by atoms with E-state index in [9.17, 15) is 0 Å². The van der Waals surface area contributed by atoms with Crippen LogP contribution in [0.25, 0.3) is 0 Å². The van der Waals surface area contributed by atoms with Gasteiger partial charge in [-0.15, -0.1) is 0 Å². The van der Waals surface area contributed by atoms with Crippen LogP contribution in [-0.2, 0) is 20.6 Å². The number of likely N-dealkylation sites (N-methyl/N-ethyl adjacent to an activating group) is 1. The number of aromatic nitrogens is 4. The molecule has 0 aromatic carbocycles. The first-order valence-electron chi connectivity index (χ1n) is 6.39. The van der Waals surface area contributed by atoms with Gasteiger partial charge in [0.2, 0.25) is 0 Å². The zero-order valence-corrected chi connectivity index (χ0v) is 12.0. The van der Waals surface area contributed by atoms with Crippen molar-refractivity contribution in [3.05, 3.63) is 35.4 Å². The number of rotatable bonds is 5. The van der Waals surface area contributed by atoms with Gasteiger partial charge in [0, 0.05) is 50.7 Å². The van der Waals surface area contributed by atoms with Crippen molar-refractivity contribution in [2.45, 2.75) is 19.5 Å². The minimum Gasteiger partial charge on any atom is -0.329 e. The van der Waals surface area contributed by atoms with E-state index in [2.05, 4.69) is 22.1 Å². The molecule has 1 unspecified atom stereocenters. The van der Waals surface area contributed by atoms with Gasteiger partial charge in [0.15, 0.2) is 0 Å². The van der Waals surface area contributed by atoms with E-state index in [0.717, 1.165) is 12.2 Å². The number of hydrogen-bond acceptors (Lipinski definition) is 4. The van der Waals surface area contributed by atoms with Gasteiger partial charge in [0.25, 0.3) is 0 Å². The highest BCUT2D eigenvalue weighted by Crippen LogP contribution is 2.22. The maximum Gasteiger partial charge on any atom is 0.0641 e. The van der Waals surface area contributed by atoms with Crippen molar-refractivity contribution in [3.63, 3.8) is 0 Å². The van der Waals surface area contributed by atoms with E-state index in [0.29, 0.717) is 6.54 Å². The summed E-state index contributed by atoms with van der Waals surface area (Å²) in [5.41, 5.74) is 9.36. The second kappa shape index (κ2) is 5.54. The molecule has 2 heterocycles. The number of nitrogens with two attached hydrogens (primary N) is 1. The second-order valence-electron chi connectivity index (χ2n) is 5.03. The van der Waals surface area contributed by atoms with Crippen LogP contribution in [-0.4, -0.2) is 38.1 Å². The molecular weight excluding hydrogens is 240 g/mol. The summed E-state index contributed by atoms with van der Waals surface area (Å²) >= 11 is 0. The van der Waals surface area contributed by atoms with Crippen LogP contribution in [0.2, 0.25) is 0 Å². The lowest BCUT2D eigenvalue weighted by Gasteiger charge is -2.26. The van der Waals surface area contributed by atoms with Crippen molar-refractivity contribution in [1.82, 2.24) is 24.5 Å². The van der Waals surface area contributed by atoms with Gasteiger partial charge in [-0.05, 0) is 14.0 Å². The molecule has 2 N–H and O–H groups in total. The first-order chi connectivity index (χ1) is 9.01. The summed E-state index contributed by atoms with van der Waals surface area (Å²) in [6.07, 6.45) is 5.97. The van der Waals surface area contributed by atoms with Crippen molar-refractivity contribution in [3.8, 4) is 0 Å². The van der Waals surface area contributed by atoms with Crippen LogP contribution in [0.3, 0.4) is 0 Å². The van der Waals surface area contributed by atoms with E-state index in [4.69, 9.17) is 5.73 Å². The third-order valence-electron chi connectivity index (χ3n) is 3.36. The monoisotopic (exact) mass is 262 g/mol. The zero-order chi connectivity index (χ0) is 14.0. The molecule has 0 radical (unpaired) electrons. The minimum atomic E-state index is 0.175. The van der Waals surface area contributed by atoms with E-state index in [1.807, 2.05) is 49.0 Å². The van der Waals surface area contributed by atoms with Crippen molar-refractivity contribution in [1.29, 1.82) is 0 Å². The molecule has 2 aromatic heterocycles. The fourth-order valence-electron chi connectivity index (χ4n) is 2.44. The van der Waals surface area contributed by atoms with Gasteiger partial charge in [0.1, 0.15) is 0 Å². The Morgan fingerprint density at radius 3 is 2.53 bits per heavy atom. The molecule has 0 aliphatic heterocycles. The van der Waals surface area contributed by atoms with Crippen LogP contribution in [0.1, 0.15) is 22.9 Å². The average Bonchev–Trinajstić information content (AvgIpc) is 2.87. The lowest BCUT2D eigenvalue weighted by molar-refractivity contribution is 0.241. The molecule has 1 atom stereocenters. The molecule has 6 heteroatoms. The topological polar surface area (TPSA) is 64.9 Å². The van der Waals surface area contributed by atoms with E-state index in [1.54, 1.807) is 0 Å². The molecule has 104 valence electrons. The van der Waals surface area contributed by atoms with E-state index < -0.39 is 0 Å². The Balaban J connectivity index is 2.15. The van der Waals surface area contributed by atoms with Gasteiger partial charge in [-0.1, -0.05) is 0 Å². The van der Waals surface area contributed by atoms with E-state index in [-0.39, 0.29) is 6.04 Å². The molecule has 0 aliphatic rings. The smallest absolute Gasteiger partial charge is 0.0641 e. The fraction of sp³-hybridized carbons (Fsp3) is 0.538. The number of nitrogens with zero attached hydrogens (tertiary/aromatic N) is 5. The predicted molar refractivity (Wildman–Crippen MR) is 74.4 cm³/mol. The van der Waals surface area contributed by atoms with Crippen molar-refractivity contribution in [2.75, 3.05) is 13.6 Å². The SMILES string of the molecule is Cc1nn(C)cc1C(CN)N(C)Cc1cnn(C)c1. The van der Waals surface area contributed by atoms with Crippen LogP contribution in [0.15, 0.2) is 18.6 Å². The lowest BCUT2D eigenvalue weighted by Crippen LogP contribution is -2.30. The molecule has 2 rings (SSSR count). The summed E-state index contributed by atoms with van der Waals surface area (Å²) in [6, 6.07) is 0.175. The highest BCUT2D eigenvalue weighted by atomic mass is 15.3. The Morgan fingerprint density at radius 2 is 2.05 bits per heavy atom. The van der Waals surface area contributed by atoms with Gasteiger partial charge in [-0.2, -0.15) is 10.2 Å². The maximum absolute atomic E-state index is 5.94. The van der Waals surface area contributed by atoms with E-state index >= 15 is 0 Å². The highest BCUT2D eigenvalue weighted by molar-refractivity contribution is 5.21. The van der Waals surface area contributed by atoms with Crippen LogP contribution >= 0.6 is 0 Å². The van der Waals surface area contributed by atoms with Crippen molar-refractivity contribution < 1.29 is 0 Å². The highest BCUT2D eigenvalue weighted by Gasteiger charge is 2.20. The Kier molecular flexibility index (Phi) is 4.01. The summed E-state index contributed by atoms with van der Waals surface area (Å²) < 4.78 is 3.65. The molecule has 0 aliphatic carbocycles. The van der Waals surface area contributed by atoms with Gasteiger partial charge < -0.3 is 5.73 Å². The molecule has 0 saturated heterocycles. The molecule has 0 amide bonds. The number of hydrogen-bond donors (Lipinski definition) is 1. The minimum absolute atomic E-state index is 0.175. The van der Waals surface area contributed by atoms with Crippen molar-refractivity contribution in [2.24, 2.45) is 19.8 Å². The molecular formula is C13H22N6. The standard InChI is InChI=1S/C13H22N6/c1-10-12(9-19(4)16-10)13(5-14)17(2)7-11-6-15-18(3)8-11/h6,8-9,13H,5,7,14H2,1-4H3. The average molecular weight is 262 g/mol. The zero-order valence-electron chi connectivity index (χ0n) is 12.0. The van der Waals surface area contributed by atoms with Gasteiger partial charge >= 0.3 is 0 Å². The Bertz CT molecular complexity index is 541. The molecule has 0 fully saturated rings. The molecule has 0 bridgehead atoms. The molecule has 6 nitrogen and oxygen atoms in total. The fourth-order valence-corrected chi connectivity index (χ4v) is 2.44. The Hall–Kier alpha value is -1.66. The first-order valence-corrected chi connectivity index (χ1v) is 6.39. The van der Waals surface area contributed by atoms with Crippen LogP contribution < -0.4 is 5.73 Å². The lowest BCUT2D eigenvalue weighted by atomic mass is 10.1. The third kappa shape index (κ3) is 3.02. The number of aryl methyl sites for hydroxylation is 3. The summed E-state index contributed by atoms with van der Waals surface area (Å²) in [7, 11) is 5.94. The summed E-state index contributed by atoms with van der Waals surface area (Å²) in [4.78, 5) is 2.24. The predicted octanol–water partition coefficient (Wildman–Crippen LogP) is 0.594. The van der Waals surface area contributed by atoms with Crippen LogP contribution in [0.5, 0.6) is 0 Å². The van der Waals surface area contributed by atoms with Gasteiger partial charge in [0.05, 0.1) is 17.9 Å². The Morgan fingerprint density at radius 1 is 1.32 bits per heavy atom. The first kappa shape index (κ1) is 13.8. The molecule has 19 heavy (non-hydrogen) atoms. The maximum atomic E-state index is 5.94. The quantitative estimate of drug-likeness (QED) is 0.856. The molecule has 0 saturated carbocycles. The normalized spacial score (nSPS) is 13.2. The van der Waals surface area contributed by atoms with Gasteiger partial charge in [-0.25, -0.2) is 0 Å². The van der Waals surface area contributed by atoms with Gasteiger partial charge in [-0.3, -0.25) is 14.3 Å². The van der Waals surface area contributed by atoms with Crippen LogP contribution in [0.4, 0.5) is 0 Å². The van der Waals surface area contributed by atoms with Crippen LogP contribution in [0, 0.1) is 6.92 Å². The largest absolute Gasteiger partial charge is 0.329 e. The summed E-state index contributed by atoms with van der Waals surface area (Å²) in [6.45, 7) is 3.42. The second-order valence-corrected chi connectivity index (χ2v) is 5.03. The Labute approximate surface area is 113 Å². The summed E-state index contributed by atoms with van der Waals surface area (Å²) in [5.74, 6) is 0. The molecule has 0 spiro atoms.